The number of hydrogen-bond donors (Lipinski definition) is 1. The highest BCUT2D eigenvalue weighted by Crippen LogP contribution is 2.42. The number of nitrogens with zero attached hydrogens (tertiary/aromatic N) is 2. The summed E-state index contributed by atoms with van der Waals surface area (Å²) in [5.74, 6) is 0. The van der Waals surface area contributed by atoms with Crippen LogP contribution in [0.25, 0.3) is 0 Å². The van der Waals surface area contributed by atoms with Crippen molar-refractivity contribution in [3.63, 3.8) is 0 Å². The van der Waals surface area contributed by atoms with Crippen molar-refractivity contribution in [2.24, 2.45) is 5.41 Å². The largest absolute Gasteiger partial charge is 0.383 e. The highest BCUT2D eigenvalue weighted by atomic mass is 15.2. The van der Waals surface area contributed by atoms with E-state index in [0.29, 0.717) is 6.04 Å². The van der Waals surface area contributed by atoms with Gasteiger partial charge in [0.1, 0.15) is 0 Å². The quantitative estimate of drug-likeness (QED) is 0.818. The molecule has 2 atom stereocenters. The maximum atomic E-state index is 4.59. The van der Waals surface area contributed by atoms with Crippen molar-refractivity contribution in [3.05, 3.63) is 60.4 Å². The van der Waals surface area contributed by atoms with E-state index < -0.39 is 0 Å². The molecule has 2 aliphatic rings. The van der Waals surface area contributed by atoms with Crippen LogP contribution in [0.1, 0.15) is 44.6 Å². The maximum absolute atomic E-state index is 4.59. The van der Waals surface area contributed by atoms with E-state index >= 15 is 0 Å². The van der Waals surface area contributed by atoms with Gasteiger partial charge >= 0.3 is 0 Å². The van der Waals surface area contributed by atoms with E-state index in [-0.39, 0.29) is 5.41 Å². The molecule has 1 aromatic rings. The number of nitrogens with one attached hydrogen (secondary N) is 1. The maximum Gasteiger partial charge on any atom is 0.0680 e. The second-order valence-corrected chi connectivity index (χ2v) is 8.38. The van der Waals surface area contributed by atoms with E-state index in [2.05, 4.69) is 72.6 Å². The van der Waals surface area contributed by atoms with Crippen molar-refractivity contribution in [1.82, 2.24) is 15.1 Å². The van der Waals surface area contributed by atoms with Gasteiger partial charge in [-0.05, 0) is 57.8 Å². The SMILES string of the molecule is C=C(NCc1ccccc1)C1CCCN1C(=C)C1(C)CCCN(C)CC1. The Bertz CT molecular complexity index is 624. The second-order valence-electron chi connectivity index (χ2n) is 8.38. The molecule has 2 aliphatic heterocycles. The predicted octanol–water partition coefficient (Wildman–Crippen LogP) is 4.39. The topological polar surface area (TPSA) is 18.5 Å². The molecule has 0 bridgehead atoms. The standard InChI is InChI=1S/C23H35N3/c1-19(24-18-21-10-6-5-7-11-21)22-12-8-16-26(22)20(2)23(3)13-9-15-25(4)17-14-23/h5-7,10-11,22,24H,1-2,8-9,12-18H2,3-4H3. The fraction of sp³-hybridized carbons (Fsp3) is 0.565. The first-order chi connectivity index (χ1) is 12.5. The van der Waals surface area contributed by atoms with Crippen molar-refractivity contribution < 1.29 is 0 Å². The molecule has 0 aliphatic carbocycles. The molecule has 3 nitrogen and oxygen atoms in total. The minimum absolute atomic E-state index is 0.215. The smallest absolute Gasteiger partial charge is 0.0680 e. The van der Waals surface area contributed by atoms with Gasteiger partial charge in [-0.3, -0.25) is 0 Å². The first-order valence-corrected chi connectivity index (χ1v) is 10.1. The summed E-state index contributed by atoms with van der Waals surface area (Å²) >= 11 is 0. The molecular formula is C23H35N3. The lowest BCUT2D eigenvalue weighted by Crippen LogP contribution is -2.40. The highest BCUT2D eigenvalue weighted by Gasteiger charge is 2.37. The second kappa shape index (κ2) is 8.30. The van der Waals surface area contributed by atoms with Gasteiger partial charge < -0.3 is 15.1 Å². The number of benzene rings is 1. The van der Waals surface area contributed by atoms with Gasteiger partial charge in [-0.2, -0.15) is 0 Å². The minimum Gasteiger partial charge on any atom is -0.383 e. The Morgan fingerprint density at radius 1 is 1.12 bits per heavy atom. The van der Waals surface area contributed by atoms with E-state index in [1.165, 1.54) is 56.5 Å². The van der Waals surface area contributed by atoms with Gasteiger partial charge in [0.25, 0.3) is 0 Å². The summed E-state index contributed by atoms with van der Waals surface area (Å²) in [6.45, 7) is 15.7. The fourth-order valence-electron chi connectivity index (χ4n) is 4.43. The van der Waals surface area contributed by atoms with Crippen LogP contribution in [0.2, 0.25) is 0 Å². The van der Waals surface area contributed by atoms with Crippen molar-refractivity contribution in [1.29, 1.82) is 0 Å². The molecule has 0 amide bonds. The van der Waals surface area contributed by atoms with Gasteiger partial charge in [0, 0.05) is 29.9 Å². The average molecular weight is 354 g/mol. The van der Waals surface area contributed by atoms with E-state index in [4.69, 9.17) is 0 Å². The Balaban J connectivity index is 1.63. The molecule has 3 heteroatoms. The van der Waals surface area contributed by atoms with Crippen LogP contribution in [0.3, 0.4) is 0 Å². The highest BCUT2D eigenvalue weighted by molar-refractivity contribution is 5.20. The van der Waals surface area contributed by atoms with E-state index in [0.717, 1.165) is 18.8 Å². The van der Waals surface area contributed by atoms with Crippen LogP contribution < -0.4 is 5.32 Å². The van der Waals surface area contributed by atoms with Crippen LogP contribution in [-0.2, 0) is 6.54 Å². The zero-order valence-electron chi connectivity index (χ0n) is 16.6. The van der Waals surface area contributed by atoms with Crippen LogP contribution >= 0.6 is 0 Å². The Hall–Kier alpha value is -1.74. The lowest BCUT2D eigenvalue weighted by Gasteiger charge is -2.40. The summed E-state index contributed by atoms with van der Waals surface area (Å²) in [4.78, 5) is 5.01. The molecule has 0 aromatic heterocycles. The number of hydrogen-bond acceptors (Lipinski definition) is 3. The third-order valence-electron chi connectivity index (χ3n) is 6.37. The minimum atomic E-state index is 0.215. The molecule has 142 valence electrons. The molecule has 26 heavy (non-hydrogen) atoms. The molecule has 3 rings (SSSR count). The molecule has 1 N–H and O–H groups in total. The molecule has 2 unspecified atom stereocenters. The zero-order valence-corrected chi connectivity index (χ0v) is 16.6. The van der Waals surface area contributed by atoms with Crippen LogP contribution in [-0.4, -0.2) is 42.5 Å². The van der Waals surface area contributed by atoms with Gasteiger partial charge in [-0.15, -0.1) is 0 Å². The summed E-state index contributed by atoms with van der Waals surface area (Å²) < 4.78 is 0. The molecular weight excluding hydrogens is 318 g/mol. The Labute approximate surface area is 159 Å². The summed E-state index contributed by atoms with van der Waals surface area (Å²) in [6, 6.07) is 10.9. The first-order valence-electron chi connectivity index (χ1n) is 10.1. The summed E-state index contributed by atoms with van der Waals surface area (Å²) in [6.07, 6.45) is 6.11. The predicted molar refractivity (Wildman–Crippen MR) is 111 cm³/mol. The Morgan fingerprint density at radius 3 is 2.65 bits per heavy atom. The van der Waals surface area contributed by atoms with Gasteiger partial charge in [0.05, 0.1) is 6.04 Å². The molecule has 0 saturated carbocycles. The summed E-state index contributed by atoms with van der Waals surface area (Å²) in [5, 5.41) is 3.58. The van der Waals surface area contributed by atoms with Crippen LogP contribution in [0.15, 0.2) is 54.9 Å². The summed E-state index contributed by atoms with van der Waals surface area (Å²) in [5.41, 5.74) is 3.99. The van der Waals surface area contributed by atoms with Gasteiger partial charge in [-0.25, -0.2) is 0 Å². The van der Waals surface area contributed by atoms with E-state index in [1.807, 2.05) is 0 Å². The molecule has 2 heterocycles. The van der Waals surface area contributed by atoms with Crippen molar-refractivity contribution in [2.45, 2.75) is 51.6 Å². The zero-order chi connectivity index (χ0) is 18.6. The third-order valence-corrected chi connectivity index (χ3v) is 6.37. The third kappa shape index (κ3) is 4.32. The fourth-order valence-corrected chi connectivity index (χ4v) is 4.43. The lowest BCUT2D eigenvalue weighted by atomic mass is 9.79. The molecule has 2 fully saturated rings. The van der Waals surface area contributed by atoms with Crippen LogP contribution in [0, 0.1) is 5.41 Å². The molecule has 0 radical (unpaired) electrons. The van der Waals surface area contributed by atoms with Crippen LogP contribution in [0.5, 0.6) is 0 Å². The molecule has 0 spiro atoms. The van der Waals surface area contributed by atoms with Crippen molar-refractivity contribution in [3.8, 4) is 0 Å². The Morgan fingerprint density at radius 2 is 1.88 bits per heavy atom. The lowest BCUT2D eigenvalue weighted by molar-refractivity contribution is 0.216. The van der Waals surface area contributed by atoms with Gasteiger partial charge in [-0.1, -0.05) is 50.4 Å². The summed E-state index contributed by atoms with van der Waals surface area (Å²) in [7, 11) is 2.24. The number of likely N-dealkylation sites (tertiary alicyclic amines) is 2. The monoisotopic (exact) mass is 353 g/mol. The van der Waals surface area contributed by atoms with Crippen molar-refractivity contribution in [2.75, 3.05) is 26.7 Å². The first kappa shape index (κ1) is 19.0. The van der Waals surface area contributed by atoms with Gasteiger partial charge in [0.15, 0.2) is 0 Å². The average Bonchev–Trinajstić information content (AvgIpc) is 3.07. The molecule has 2 saturated heterocycles. The Kier molecular flexibility index (Phi) is 6.08. The number of rotatable bonds is 6. The molecule has 1 aromatic carbocycles. The van der Waals surface area contributed by atoms with Crippen LogP contribution in [0.4, 0.5) is 0 Å². The van der Waals surface area contributed by atoms with Gasteiger partial charge in [0.2, 0.25) is 0 Å². The number of allylic oxidation sites excluding steroid dienone is 1. The van der Waals surface area contributed by atoms with E-state index in [1.54, 1.807) is 0 Å². The van der Waals surface area contributed by atoms with Crippen molar-refractivity contribution >= 4 is 0 Å². The normalized spacial score (nSPS) is 27.2. The van der Waals surface area contributed by atoms with E-state index in [9.17, 15) is 0 Å².